The molecule has 0 atom stereocenters. The summed E-state index contributed by atoms with van der Waals surface area (Å²) in [6.07, 6.45) is 1.11. The summed E-state index contributed by atoms with van der Waals surface area (Å²) in [5, 5.41) is 14.6. The van der Waals surface area contributed by atoms with Crippen LogP contribution in [0.1, 0.15) is 34.3 Å². The van der Waals surface area contributed by atoms with Gasteiger partial charge in [0, 0.05) is 36.7 Å². The van der Waals surface area contributed by atoms with Crippen molar-refractivity contribution < 1.29 is 28.6 Å². The number of pyridine rings is 1. The predicted octanol–water partition coefficient (Wildman–Crippen LogP) is 6.19. The van der Waals surface area contributed by atoms with Gasteiger partial charge in [-0.25, -0.2) is 9.78 Å². The number of azide groups is 1. The number of ketones is 1. The highest BCUT2D eigenvalue weighted by Crippen LogP contribution is 2.36. The van der Waals surface area contributed by atoms with Crippen molar-refractivity contribution in [2.45, 2.75) is 26.4 Å². The molecule has 13 heteroatoms. The van der Waals surface area contributed by atoms with Crippen LogP contribution >= 0.6 is 0 Å². The van der Waals surface area contributed by atoms with Gasteiger partial charge >= 0.3 is 6.16 Å². The van der Waals surface area contributed by atoms with Crippen molar-refractivity contribution in [3.8, 4) is 5.75 Å². The van der Waals surface area contributed by atoms with Gasteiger partial charge in [0.25, 0.3) is 5.91 Å². The average molecular weight is 546 g/mol. The number of carbonyl (C=O) groups is 3. The summed E-state index contributed by atoms with van der Waals surface area (Å²) in [6.45, 7) is 1.68. The monoisotopic (exact) mass is 545 g/mol. The number of hydrogen-bond donors (Lipinski definition) is 1. The Morgan fingerprint density at radius 1 is 1.05 bits per heavy atom. The third kappa shape index (κ3) is 9.01. The molecule has 2 aromatic carbocycles. The molecule has 40 heavy (non-hydrogen) atoms. The molecule has 0 aliphatic rings. The zero-order chi connectivity index (χ0) is 28.7. The molecule has 0 saturated heterocycles. The van der Waals surface area contributed by atoms with Crippen molar-refractivity contribution in [2.24, 2.45) is 15.3 Å². The van der Waals surface area contributed by atoms with Crippen molar-refractivity contribution in [1.29, 1.82) is 0 Å². The second kappa shape index (κ2) is 15.3. The molecule has 1 N–H and O–H groups in total. The topological polar surface area (TPSA) is 177 Å². The van der Waals surface area contributed by atoms with Crippen molar-refractivity contribution >= 4 is 35.0 Å². The molecular formula is C27H27N7O6. The summed E-state index contributed by atoms with van der Waals surface area (Å²) in [7, 11) is 1.43. The number of amides is 1. The maximum Gasteiger partial charge on any atom is 0.514 e. The highest BCUT2D eigenvalue weighted by atomic mass is 16.7. The van der Waals surface area contributed by atoms with Crippen LogP contribution in [0.4, 0.5) is 22.0 Å². The molecule has 1 amide bonds. The third-order valence-electron chi connectivity index (χ3n) is 5.32. The van der Waals surface area contributed by atoms with Gasteiger partial charge in [-0.3, -0.25) is 9.59 Å². The van der Waals surface area contributed by atoms with Gasteiger partial charge in [0.2, 0.25) is 0 Å². The third-order valence-corrected chi connectivity index (χ3v) is 5.32. The standard InChI is InChI=1S/C27H27N7O6/c1-18-8-11-21(12-9-18)40-27(37)39-16-19-10-13-22(31-34-28)25(33-32-23-7-3-4-14-29-23)24(19)26(36)30-15-5-6-20(35)17-38-2/h3-4,7-14H,5-6,15-17H2,1-2H3,(H,30,36). The molecule has 3 aromatic rings. The van der Waals surface area contributed by atoms with E-state index in [1.54, 1.807) is 42.5 Å². The van der Waals surface area contributed by atoms with Crippen LogP contribution in [0.3, 0.4) is 0 Å². The first-order valence-corrected chi connectivity index (χ1v) is 12.1. The first kappa shape index (κ1) is 29.4. The molecule has 1 aromatic heterocycles. The fourth-order valence-electron chi connectivity index (χ4n) is 3.42. The lowest BCUT2D eigenvalue weighted by atomic mass is 10.0. The molecule has 0 radical (unpaired) electrons. The summed E-state index contributed by atoms with van der Waals surface area (Å²) in [6, 6.07) is 14.7. The van der Waals surface area contributed by atoms with Crippen LogP contribution in [0.5, 0.6) is 5.75 Å². The van der Waals surface area contributed by atoms with Crippen molar-refractivity contribution in [2.75, 3.05) is 20.3 Å². The highest BCUT2D eigenvalue weighted by molar-refractivity contribution is 6.02. The lowest BCUT2D eigenvalue weighted by molar-refractivity contribution is -0.122. The van der Waals surface area contributed by atoms with E-state index < -0.39 is 12.1 Å². The molecular weight excluding hydrogens is 518 g/mol. The van der Waals surface area contributed by atoms with E-state index in [-0.39, 0.29) is 60.3 Å². The average Bonchev–Trinajstić information content (AvgIpc) is 2.95. The van der Waals surface area contributed by atoms with Crippen LogP contribution in [0.2, 0.25) is 0 Å². The van der Waals surface area contributed by atoms with Gasteiger partial charge < -0.3 is 19.5 Å². The first-order valence-electron chi connectivity index (χ1n) is 12.1. The van der Waals surface area contributed by atoms with Crippen LogP contribution in [-0.4, -0.2) is 43.1 Å². The van der Waals surface area contributed by atoms with Gasteiger partial charge in [-0.1, -0.05) is 34.9 Å². The number of nitrogens with zero attached hydrogens (tertiary/aromatic N) is 6. The Morgan fingerprint density at radius 2 is 1.85 bits per heavy atom. The quantitative estimate of drug-likeness (QED) is 0.0664. The molecule has 0 bridgehead atoms. The molecule has 0 aliphatic carbocycles. The van der Waals surface area contributed by atoms with E-state index in [4.69, 9.17) is 19.7 Å². The Kier molecular flexibility index (Phi) is 11.3. The first-order chi connectivity index (χ1) is 19.4. The van der Waals surface area contributed by atoms with Gasteiger partial charge in [0.15, 0.2) is 11.6 Å². The fourth-order valence-corrected chi connectivity index (χ4v) is 3.42. The highest BCUT2D eigenvalue weighted by Gasteiger charge is 2.21. The Morgan fingerprint density at radius 3 is 2.55 bits per heavy atom. The number of Topliss-reactive ketones (excluding diaryl/α,β-unsaturated/α-hetero) is 1. The van der Waals surface area contributed by atoms with Crippen molar-refractivity contribution in [3.05, 3.63) is 87.9 Å². The normalized spacial score (nSPS) is 10.6. The molecule has 0 spiro atoms. The van der Waals surface area contributed by atoms with Gasteiger partial charge in [0.1, 0.15) is 24.7 Å². The molecule has 3 rings (SSSR count). The molecule has 0 unspecified atom stereocenters. The van der Waals surface area contributed by atoms with Crippen LogP contribution in [0, 0.1) is 6.92 Å². The Hall–Kier alpha value is -5.13. The maximum absolute atomic E-state index is 13.3. The number of benzene rings is 2. The number of carbonyl (C=O) groups excluding carboxylic acids is 3. The van der Waals surface area contributed by atoms with Crippen LogP contribution in [0.15, 0.2) is 76.1 Å². The molecule has 0 fully saturated rings. The van der Waals surface area contributed by atoms with E-state index in [9.17, 15) is 14.4 Å². The van der Waals surface area contributed by atoms with Crippen molar-refractivity contribution in [1.82, 2.24) is 10.3 Å². The SMILES string of the molecule is COCC(=O)CCCNC(=O)c1c(COC(=O)Oc2ccc(C)cc2)ccc(N=[N+]=[N-])c1N=Nc1ccccn1. The molecule has 1 heterocycles. The number of hydrogen-bond acceptors (Lipinski definition) is 10. The van der Waals surface area contributed by atoms with E-state index >= 15 is 0 Å². The number of nitrogens with one attached hydrogen (secondary N) is 1. The molecule has 206 valence electrons. The summed E-state index contributed by atoms with van der Waals surface area (Å²) < 4.78 is 15.3. The van der Waals surface area contributed by atoms with Crippen LogP contribution in [0.25, 0.3) is 10.4 Å². The van der Waals surface area contributed by atoms with Crippen LogP contribution in [-0.2, 0) is 20.9 Å². The number of aromatic nitrogens is 1. The zero-order valence-corrected chi connectivity index (χ0v) is 21.9. The zero-order valence-electron chi connectivity index (χ0n) is 21.9. The summed E-state index contributed by atoms with van der Waals surface area (Å²) in [4.78, 5) is 44.3. The minimum absolute atomic E-state index is 0.0135. The number of azo groups is 1. The maximum atomic E-state index is 13.3. The lowest BCUT2D eigenvalue weighted by Crippen LogP contribution is -2.26. The van der Waals surface area contributed by atoms with E-state index in [1.165, 1.54) is 25.4 Å². The smallest absolute Gasteiger partial charge is 0.429 e. The second-order valence-electron chi connectivity index (χ2n) is 8.33. The fraction of sp³-hybridized carbons (Fsp3) is 0.259. The van der Waals surface area contributed by atoms with Gasteiger partial charge in [-0.2, -0.15) is 0 Å². The van der Waals surface area contributed by atoms with E-state index in [0.29, 0.717) is 12.2 Å². The lowest BCUT2D eigenvalue weighted by Gasteiger charge is -2.14. The van der Waals surface area contributed by atoms with Crippen LogP contribution < -0.4 is 10.1 Å². The summed E-state index contributed by atoms with van der Waals surface area (Å²) >= 11 is 0. The Labute approximate surface area is 229 Å². The number of ether oxygens (including phenoxy) is 3. The number of rotatable bonds is 13. The Balaban J connectivity index is 1.88. The molecule has 0 saturated carbocycles. The number of methoxy groups -OCH3 is 1. The van der Waals surface area contributed by atoms with E-state index in [1.807, 2.05) is 6.92 Å². The molecule has 0 aliphatic heterocycles. The van der Waals surface area contributed by atoms with Gasteiger partial charge in [0.05, 0.1) is 11.3 Å². The minimum Gasteiger partial charge on any atom is -0.429 e. The van der Waals surface area contributed by atoms with E-state index in [0.717, 1.165) is 5.56 Å². The second-order valence-corrected chi connectivity index (χ2v) is 8.33. The van der Waals surface area contributed by atoms with Gasteiger partial charge in [-0.05, 0) is 49.2 Å². The van der Waals surface area contributed by atoms with E-state index in [2.05, 4.69) is 30.6 Å². The Bertz CT molecular complexity index is 1400. The predicted molar refractivity (Wildman–Crippen MR) is 144 cm³/mol. The van der Waals surface area contributed by atoms with Crippen molar-refractivity contribution in [3.63, 3.8) is 0 Å². The minimum atomic E-state index is -0.984. The largest absolute Gasteiger partial charge is 0.514 e. The summed E-state index contributed by atoms with van der Waals surface area (Å²) in [5.41, 5.74) is 10.3. The number of aryl methyl sites for hydroxylation is 1. The molecule has 13 nitrogen and oxygen atoms in total. The summed E-state index contributed by atoms with van der Waals surface area (Å²) in [5.74, 6) is -0.163. The van der Waals surface area contributed by atoms with Gasteiger partial charge in [-0.15, -0.1) is 10.2 Å².